The Morgan fingerprint density at radius 1 is 1.14 bits per heavy atom. The van der Waals surface area contributed by atoms with Crippen molar-refractivity contribution in [2.45, 2.75) is 19.3 Å². The van der Waals surface area contributed by atoms with Gasteiger partial charge >= 0.3 is 0 Å². The molecule has 1 aliphatic heterocycles. The molecular weight excluding hydrogens is 386 g/mol. The summed E-state index contributed by atoms with van der Waals surface area (Å²) in [5.41, 5.74) is 2.68. The second-order valence-electron chi connectivity index (χ2n) is 7.41. The SMILES string of the molecule is COc1ccc(CC2CCN(C(=O)c3cnn(-c4ccccc4Cl)c3)CC2)cc1. The topological polar surface area (TPSA) is 47.4 Å². The quantitative estimate of drug-likeness (QED) is 0.617. The largest absolute Gasteiger partial charge is 0.497 e. The molecule has 6 heteroatoms. The van der Waals surface area contributed by atoms with Gasteiger partial charge in [0.05, 0.1) is 29.6 Å². The fourth-order valence-corrected chi connectivity index (χ4v) is 4.04. The molecule has 0 atom stereocenters. The van der Waals surface area contributed by atoms with Gasteiger partial charge in [0.15, 0.2) is 0 Å². The van der Waals surface area contributed by atoms with Gasteiger partial charge in [0.25, 0.3) is 5.91 Å². The van der Waals surface area contributed by atoms with Crippen LogP contribution >= 0.6 is 11.6 Å². The average Bonchev–Trinajstić information content (AvgIpc) is 3.25. The van der Waals surface area contributed by atoms with Gasteiger partial charge in [-0.25, -0.2) is 4.68 Å². The summed E-state index contributed by atoms with van der Waals surface area (Å²) in [6.07, 6.45) is 6.44. The first-order chi connectivity index (χ1) is 14.1. The highest BCUT2D eigenvalue weighted by Gasteiger charge is 2.24. The molecule has 2 aromatic carbocycles. The molecule has 2 heterocycles. The van der Waals surface area contributed by atoms with Gasteiger partial charge in [0, 0.05) is 19.3 Å². The van der Waals surface area contributed by atoms with E-state index in [1.54, 1.807) is 24.2 Å². The molecule has 29 heavy (non-hydrogen) atoms. The van der Waals surface area contributed by atoms with Crippen LogP contribution in [0.5, 0.6) is 5.75 Å². The number of amides is 1. The second-order valence-corrected chi connectivity index (χ2v) is 7.82. The maximum Gasteiger partial charge on any atom is 0.257 e. The number of aromatic nitrogens is 2. The molecule has 0 spiro atoms. The Labute approximate surface area is 175 Å². The van der Waals surface area contributed by atoms with E-state index in [0.29, 0.717) is 16.5 Å². The first kappa shape index (κ1) is 19.5. The normalized spacial score (nSPS) is 14.8. The maximum atomic E-state index is 12.9. The van der Waals surface area contributed by atoms with E-state index in [1.807, 2.05) is 41.3 Å². The van der Waals surface area contributed by atoms with Crippen molar-refractivity contribution in [3.63, 3.8) is 0 Å². The minimum atomic E-state index is 0.0335. The lowest BCUT2D eigenvalue weighted by Crippen LogP contribution is -2.38. The standard InChI is InChI=1S/C23H24ClN3O2/c1-29-20-8-6-17(7-9-20)14-18-10-12-26(13-11-18)23(28)19-15-25-27(16-19)22-5-3-2-4-21(22)24/h2-9,15-16,18H,10-14H2,1H3. The first-order valence-electron chi connectivity index (χ1n) is 9.86. The van der Waals surface area contributed by atoms with Crippen LogP contribution in [0.2, 0.25) is 5.02 Å². The third-order valence-corrected chi connectivity index (χ3v) is 5.83. The molecule has 1 aliphatic rings. The number of ether oxygens (including phenoxy) is 1. The molecule has 1 saturated heterocycles. The summed E-state index contributed by atoms with van der Waals surface area (Å²) in [6.45, 7) is 1.55. The van der Waals surface area contributed by atoms with Gasteiger partial charge in [-0.2, -0.15) is 5.10 Å². The van der Waals surface area contributed by atoms with Gasteiger partial charge in [-0.05, 0) is 55.0 Å². The number of nitrogens with zero attached hydrogens (tertiary/aromatic N) is 3. The third-order valence-electron chi connectivity index (χ3n) is 5.51. The van der Waals surface area contributed by atoms with E-state index in [1.165, 1.54) is 5.56 Å². The van der Waals surface area contributed by atoms with Gasteiger partial charge in [-0.3, -0.25) is 4.79 Å². The lowest BCUT2D eigenvalue weighted by atomic mass is 9.90. The highest BCUT2D eigenvalue weighted by atomic mass is 35.5. The van der Waals surface area contributed by atoms with Crippen LogP contribution in [0.1, 0.15) is 28.8 Å². The number of carbonyl (C=O) groups excluding carboxylic acids is 1. The summed E-state index contributed by atoms with van der Waals surface area (Å²) < 4.78 is 6.88. The monoisotopic (exact) mass is 409 g/mol. The number of likely N-dealkylation sites (tertiary alicyclic amines) is 1. The number of carbonyl (C=O) groups is 1. The third kappa shape index (κ3) is 4.46. The zero-order chi connectivity index (χ0) is 20.2. The van der Waals surface area contributed by atoms with Crippen LogP contribution in [-0.2, 0) is 6.42 Å². The Balaban J connectivity index is 1.35. The molecule has 3 aromatic rings. The Bertz CT molecular complexity index is 976. The number of rotatable bonds is 5. The zero-order valence-corrected chi connectivity index (χ0v) is 17.2. The van der Waals surface area contributed by atoms with Crippen LogP contribution in [0.25, 0.3) is 5.69 Å². The first-order valence-corrected chi connectivity index (χ1v) is 10.2. The molecule has 1 amide bonds. The van der Waals surface area contributed by atoms with E-state index in [4.69, 9.17) is 16.3 Å². The molecule has 150 valence electrons. The van der Waals surface area contributed by atoms with E-state index < -0.39 is 0 Å². The lowest BCUT2D eigenvalue weighted by molar-refractivity contribution is 0.0690. The number of halogens is 1. The van der Waals surface area contributed by atoms with Crippen LogP contribution in [0.15, 0.2) is 60.9 Å². The summed E-state index contributed by atoms with van der Waals surface area (Å²) in [4.78, 5) is 14.8. The predicted molar refractivity (Wildman–Crippen MR) is 114 cm³/mol. The van der Waals surface area contributed by atoms with Crippen LogP contribution in [-0.4, -0.2) is 40.8 Å². The highest BCUT2D eigenvalue weighted by molar-refractivity contribution is 6.32. The van der Waals surface area contributed by atoms with Gasteiger partial charge in [0.2, 0.25) is 0 Å². The number of piperidine rings is 1. The Hall–Kier alpha value is -2.79. The van der Waals surface area contributed by atoms with E-state index in [-0.39, 0.29) is 5.91 Å². The summed E-state index contributed by atoms with van der Waals surface area (Å²) >= 11 is 6.23. The van der Waals surface area contributed by atoms with Crippen LogP contribution < -0.4 is 4.74 Å². The molecule has 0 radical (unpaired) electrons. The van der Waals surface area contributed by atoms with Crippen molar-refractivity contribution in [2.24, 2.45) is 5.92 Å². The summed E-state index contributed by atoms with van der Waals surface area (Å²) in [5, 5.41) is 4.93. The number of benzene rings is 2. The van der Waals surface area contributed by atoms with E-state index >= 15 is 0 Å². The van der Waals surface area contributed by atoms with Crippen LogP contribution in [0, 0.1) is 5.92 Å². The molecule has 5 nitrogen and oxygen atoms in total. The predicted octanol–water partition coefficient (Wildman–Crippen LogP) is 4.63. The van der Waals surface area contributed by atoms with E-state index in [9.17, 15) is 4.79 Å². The number of hydrogen-bond donors (Lipinski definition) is 0. The molecule has 0 saturated carbocycles. The lowest BCUT2D eigenvalue weighted by Gasteiger charge is -2.32. The smallest absolute Gasteiger partial charge is 0.257 e. The van der Waals surface area contributed by atoms with Crippen LogP contribution in [0.3, 0.4) is 0 Å². The van der Waals surface area contributed by atoms with Crippen molar-refractivity contribution in [3.05, 3.63) is 77.1 Å². The number of hydrogen-bond acceptors (Lipinski definition) is 3. The van der Waals surface area contributed by atoms with Crippen molar-refractivity contribution in [1.82, 2.24) is 14.7 Å². The van der Waals surface area contributed by atoms with Gasteiger partial charge in [-0.1, -0.05) is 35.9 Å². The maximum absolute atomic E-state index is 12.9. The Morgan fingerprint density at radius 3 is 2.55 bits per heavy atom. The molecular formula is C23H24ClN3O2. The molecule has 0 bridgehead atoms. The molecule has 4 rings (SSSR count). The Morgan fingerprint density at radius 2 is 1.86 bits per heavy atom. The van der Waals surface area contributed by atoms with Crippen molar-refractivity contribution >= 4 is 17.5 Å². The molecule has 0 unspecified atom stereocenters. The van der Waals surface area contributed by atoms with Crippen molar-refractivity contribution in [1.29, 1.82) is 0 Å². The molecule has 0 aliphatic carbocycles. The van der Waals surface area contributed by atoms with Crippen molar-refractivity contribution < 1.29 is 9.53 Å². The molecule has 1 fully saturated rings. The van der Waals surface area contributed by atoms with Gasteiger partial charge < -0.3 is 9.64 Å². The number of methoxy groups -OCH3 is 1. The van der Waals surface area contributed by atoms with Crippen LogP contribution in [0.4, 0.5) is 0 Å². The zero-order valence-electron chi connectivity index (χ0n) is 16.4. The second kappa shape index (κ2) is 8.70. The van der Waals surface area contributed by atoms with Gasteiger partial charge in [-0.15, -0.1) is 0 Å². The van der Waals surface area contributed by atoms with Crippen molar-refractivity contribution in [3.8, 4) is 11.4 Å². The van der Waals surface area contributed by atoms with Gasteiger partial charge in [0.1, 0.15) is 5.75 Å². The summed E-state index contributed by atoms with van der Waals surface area (Å²) in [7, 11) is 1.68. The van der Waals surface area contributed by atoms with E-state index in [2.05, 4.69) is 17.2 Å². The Kier molecular flexibility index (Phi) is 5.86. The van der Waals surface area contributed by atoms with Crippen molar-refractivity contribution in [2.75, 3.05) is 20.2 Å². The van der Waals surface area contributed by atoms with E-state index in [0.717, 1.165) is 43.8 Å². The number of para-hydroxylation sites is 1. The average molecular weight is 410 g/mol. The minimum absolute atomic E-state index is 0.0335. The molecule has 0 N–H and O–H groups in total. The summed E-state index contributed by atoms with van der Waals surface area (Å²) in [6, 6.07) is 15.7. The fraction of sp³-hybridized carbons (Fsp3) is 0.304. The minimum Gasteiger partial charge on any atom is -0.497 e. The molecule has 1 aromatic heterocycles. The fourth-order valence-electron chi connectivity index (χ4n) is 3.82. The highest BCUT2D eigenvalue weighted by Crippen LogP contribution is 2.25. The summed E-state index contributed by atoms with van der Waals surface area (Å²) in [5.74, 6) is 1.51.